The van der Waals surface area contributed by atoms with E-state index in [4.69, 9.17) is 15.0 Å². The zero-order chi connectivity index (χ0) is 13.7. The zero-order valence-electron chi connectivity index (χ0n) is 12.0. The number of hydrogen-bond donors (Lipinski definition) is 1. The smallest absolute Gasteiger partial charge is 0.231 e. The van der Waals surface area contributed by atoms with Crippen LogP contribution < -0.4 is 5.73 Å². The highest BCUT2D eigenvalue weighted by molar-refractivity contribution is 5.01. The van der Waals surface area contributed by atoms with Crippen molar-refractivity contribution in [2.24, 2.45) is 11.7 Å². The van der Waals surface area contributed by atoms with Crippen molar-refractivity contribution in [3.05, 3.63) is 11.7 Å². The summed E-state index contributed by atoms with van der Waals surface area (Å²) in [6.45, 7) is 8.29. The monoisotopic (exact) mass is 255 g/mol. The maximum atomic E-state index is 5.99. The highest BCUT2D eigenvalue weighted by Gasteiger charge is 2.27. The molecule has 1 aromatic heterocycles. The first-order valence-electron chi connectivity index (χ1n) is 6.63. The minimum atomic E-state index is -0.0895. The van der Waals surface area contributed by atoms with Crippen LogP contribution in [0.2, 0.25) is 0 Å². The zero-order valence-corrected chi connectivity index (χ0v) is 12.0. The molecule has 1 rings (SSSR count). The van der Waals surface area contributed by atoms with Crippen LogP contribution in [0.1, 0.15) is 64.3 Å². The van der Waals surface area contributed by atoms with E-state index in [0.717, 1.165) is 12.8 Å². The maximum Gasteiger partial charge on any atom is 0.231 e. The highest BCUT2D eigenvalue weighted by atomic mass is 16.5. The van der Waals surface area contributed by atoms with Crippen molar-refractivity contribution in [1.29, 1.82) is 0 Å². The molecule has 1 aromatic rings. The van der Waals surface area contributed by atoms with Gasteiger partial charge in [-0.3, -0.25) is 0 Å². The Labute approximate surface area is 109 Å². The Morgan fingerprint density at radius 1 is 1.33 bits per heavy atom. The van der Waals surface area contributed by atoms with Crippen molar-refractivity contribution >= 4 is 0 Å². The fourth-order valence-corrected chi connectivity index (χ4v) is 2.25. The molecule has 0 bridgehead atoms. The van der Waals surface area contributed by atoms with Crippen LogP contribution in [-0.2, 0) is 4.74 Å². The molecule has 0 aliphatic rings. The second-order valence-corrected chi connectivity index (χ2v) is 5.13. The number of aromatic nitrogens is 2. The minimum absolute atomic E-state index is 0.00882. The van der Waals surface area contributed by atoms with E-state index >= 15 is 0 Å². The molecule has 0 saturated heterocycles. The van der Waals surface area contributed by atoms with Crippen LogP contribution in [0.3, 0.4) is 0 Å². The lowest BCUT2D eigenvalue weighted by Crippen LogP contribution is -2.28. The molecule has 0 aliphatic carbocycles. The van der Waals surface area contributed by atoms with E-state index in [0.29, 0.717) is 17.6 Å². The molecule has 3 unspecified atom stereocenters. The average molecular weight is 255 g/mol. The Morgan fingerprint density at radius 3 is 2.44 bits per heavy atom. The third-order valence-corrected chi connectivity index (χ3v) is 3.15. The summed E-state index contributed by atoms with van der Waals surface area (Å²) >= 11 is 0. The van der Waals surface area contributed by atoms with Gasteiger partial charge in [-0.2, -0.15) is 4.98 Å². The van der Waals surface area contributed by atoms with Gasteiger partial charge in [0.1, 0.15) is 6.10 Å². The fourth-order valence-electron chi connectivity index (χ4n) is 2.25. The predicted octanol–water partition coefficient (Wildman–Crippen LogP) is 2.64. The van der Waals surface area contributed by atoms with Gasteiger partial charge >= 0.3 is 0 Å². The van der Waals surface area contributed by atoms with E-state index < -0.39 is 0 Å². The molecule has 0 radical (unpaired) electrons. The Balaban J connectivity index is 2.89. The summed E-state index contributed by atoms with van der Waals surface area (Å²) in [5.74, 6) is 1.70. The fraction of sp³-hybridized carbons (Fsp3) is 0.846. The van der Waals surface area contributed by atoms with Crippen molar-refractivity contribution in [2.45, 2.75) is 58.6 Å². The first kappa shape index (κ1) is 15.1. The molecule has 2 N–H and O–H groups in total. The molecule has 0 aliphatic heterocycles. The minimum Gasteiger partial charge on any atom is -0.373 e. The number of rotatable bonds is 7. The molecule has 3 atom stereocenters. The first-order chi connectivity index (χ1) is 8.51. The second-order valence-electron chi connectivity index (χ2n) is 5.13. The third kappa shape index (κ3) is 3.53. The van der Waals surface area contributed by atoms with Gasteiger partial charge in [0, 0.05) is 13.2 Å². The Kier molecular flexibility index (Phi) is 5.75. The van der Waals surface area contributed by atoms with E-state index in [1.165, 1.54) is 0 Å². The van der Waals surface area contributed by atoms with Crippen molar-refractivity contribution < 1.29 is 9.26 Å². The van der Waals surface area contributed by atoms with Crippen LogP contribution in [0, 0.1) is 5.92 Å². The lowest BCUT2D eigenvalue weighted by molar-refractivity contribution is 0.0854. The van der Waals surface area contributed by atoms with Crippen LogP contribution >= 0.6 is 0 Å². The van der Waals surface area contributed by atoms with Crippen LogP contribution in [-0.4, -0.2) is 23.3 Å². The topological polar surface area (TPSA) is 74.2 Å². The molecule has 0 saturated carbocycles. The summed E-state index contributed by atoms with van der Waals surface area (Å²) in [4.78, 5) is 4.46. The number of nitrogens with zero attached hydrogens (tertiary/aromatic N) is 2. The van der Waals surface area contributed by atoms with E-state index in [1.807, 2.05) is 6.92 Å². The molecule has 5 nitrogen and oxygen atoms in total. The summed E-state index contributed by atoms with van der Waals surface area (Å²) in [5.41, 5.74) is 5.99. The molecule has 18 heavy (non-hydrogen) atoms. The Bertz CT molecular complexity index is 342. The van der Waals surface area contributed by atoms with Crippen molar-refractivity contribution in [3.8, 4) is 0 Å². The summed E-state index contributed by atoms with van der Waals surface area (Å²) in [6.07, 6.45) is 1.82. The quantitative estimate of drug-likeness (QED) is 0.810. The lowest BCUT2D eigenvalue weighted by Gasteiger charge is -2.20. The molecular formula is C13H25N3O2. The largest absolute Gasteiger partial charge is 0.373 e. The molecule has 5 heteroatoms. The SMILES string of the molecule is CCCC(OC)c1noc(C(C(C)C)C(C)N)n1. The summed E-state index contributed by atoms with van der Waals surface area (Å²) in [6, 6.07) is -0.00882. The van der Waals surface area contributed by atoms with Crippen LogP contribution in [0.4, 0.5) is 0 Å². The van der Waals surface area contributed by atoms with Gasteiger partial charge in [-0.15, -0.1) is 0 Å². The molecule has 0 fully saturated rings. The van der Waals surface area contributed by atoms with Gasteiger partial charge in [0.05, 0.1) is 5.92 Å². The first-order valence-corrected chi connectivity index (χ1v) is 6.63. The molecule has 104 valence electrons. The molecule has 0 spiro atoms. The molecule has 0 amide bonds. The number of ether oxygens (including phenoxy) is 1. The predicted molar refractivity (Wildman–Crippen MR) is 70.2 cm³/mol. The van der Waals surface area contributed by atoms with Gasteiger partial charge in [-0.05, 0) is 19.3 Å². The number of methoxy groups -OCH3 is 1. The van der Waals surface area contributed by atoms with Gasteiger partial charge < -0.3 is 15.0 Å². The standard InChI is InChI=1S/C13H25N3O2/c1-6-7-10(17-5)12-15-13(18-16-12)11(8(2)3)9(4)14/h8-11H,6-7,14H2,1-5H3. The number of hydrogen-bond acceptors (Lipinski definition) is 5. The van der Waals surface area contributed by atoms with E-state index in [9.17, 15) is 0 Å². The van der Waals surface area contributed by atoms with Crippen molar-refractivity contribution in [3.63, 3.8) is 0 Å². The van der Waals surface area contributed by atoms with E-state index in [1.54, 1.807) is 7.11 Å². The van der Waals surface area contributed by atoms with Gasteiger partial charge in [0.2, 0.25) is 11.7 Å². The summed E-state index contributed by atoms with van der Waals surface area (Å²) in [5, 5.41) is 4.03. The van der Waals surface area contributed by atoms with Gasteiger partial charge in [0.25, 0.3) is 0 Å². The van der Waals surface area contributed by atoms with E-state index in [-0.39, 0.29) is 18.1 Å². The highest BCUT2D eigenvalue weighted by Crippen LogP contribution is 2.27. The summed E-state index contributed by atoms with van der Waals surface area (Å²) < 4.78 is 10.7. The molecule has 1 heterocycles. The van der Waals surface area contributed by atoms with Gasteiger partial charge in [-0.1, -0.05) is 32.3 Å². The van der Waals surface area contributed by atoms with Crippen LogP contribution in [0.15, 0.2) is 4.52 Å². The third-order valence-electron chi connectivity index (χ3n) is 3.15. The number of nitrogens with two attached hydrogens (primary N) is 1. The normalized spacial score (nSPS) is 16.8. The lowest BCUT2D eigenvalue weighted by atomic mass is 9.90. The Hall–Kier alpha value is -0.940. The molecular weight excluding hydrogens is 230 g/mol. The van der Waals surface area contributed by atoms with Gasteiger partial charge in [0.15, 0.2) is 0 Å². The second kappa shape index (κ2) is 6.85. The van der Waals surface area contributed by atoms with Crippen LogP contribution in [0.5, 0.6) is 0 Å². The van der Waals surface area contributed by atoms with Gasteiger partial charge in [-0.25, -0.2) is 0 Å². The Morgan fingerprint density at radius 2 is 2.00 bits per heavy atom. The van der Waals surface area contributed by atoms with E-state index in [2.05, 4.69) is 30.9 Å². The van der Waals surface area contributed by atoms with Crippen LogP contribution in [0.25, 0.3) is 0 Å². The summed E-state index contributed by atoms with van der Waals surface area (Å²) in [7, 11) is 1.67. The molecule has 0 aromatic carbocycles. The maximum absolute atomic E-state index is 5.99. The van der Waals surface area contributed by atoms with Crippen molar-refractivity contribution in [1.82, 2.24) is 10.1 Å². The average Bonchev–Trinajstić information content (AvgIpc) is 2.73. The van der Waals surface area contributed by atoms with Crippen molar-refractivity contribution in [2.75, 3.05) is 7.11 Å².